The fourth-order valence-electron chi connectivity index (χ4n) is 3.21. The van der Waals surface area contributed by atoms with Gasteiger partial charge in [-0.3, -0.25) is 4.79 Å². The zero-order chi connectivity index (χ0) is 17.9. The van der Waals surface area contributed by atoms with E-state index < -0.39 is 0 Å². The van der Waals surface area contributed by atoms with Gasteiger partial charge in [-0.2, -0.15) is 0 Å². The van der Waals surface area contributed by atoms with Crippen LogP contribution in [0.25, 0.3) is 0 Å². The minimum atomic E-state index is -0.0749. The number of aromatic nitrogens is 2. The zero-order valence-corrected chi connectivity index (χ0v) is 14.6. The highest BCUT2D eigenvalue weighted by atomic mass is 16.2. The van der Waals surface area contributed by atoms with Crippen molar-refractivity contribution in [2.75, 3.05) is 11.9 Å². The molecule has 4 rings (SSSR count). The summed E-state index contributed by atoms with van der Waals surface area (Å²) in [7, 11) is 0. The number of aryl methyl sites for hydroxylation is 1. The Morgan fingerprint density at radius 1 is 1.00 bits per heavy atom. The number of carbonyl (C=O) groups is 1. The molecular formula is C21H20N4O. The SMILES string of the molecule is Cc1cccc(Nc2ccc(C(=O)N3CCc4ccccc4C3)nn2)c1. The lowest BCUT2D eigenvalue weighted by molar-refractivity contribution is 0.0727. The summed E-state index contributed by atoms with van der Waals surface area (Å²) >= 11 is 0. The van der Waals surface area contributed by atoms with Crippen LogP contribution in [-0.4, -0.2) is 27.5 Å². The molecule has 1 aliphatic rings. The molecule has 0 spiro atoms. The van der Waals surface area contributed by atoms with Gasteiger partial charge in [-0.15, -0.1) is 10.2 Å². The molecule has 0 unspecified atom stereocenters. The minimum Gasteiger partial charge on any atom is -0.339 e. The van der Waals surface area contributed by atoms with E-state index in [0.29, 0.717) is 24.6 Å². The molecular weight excluding hydrogens is 324 g/mol. The van der Waals surface area contributed by atoms with Crippen molar-refractivity contribution >= 4 is 17.4 Å². The molecule has 0 atom stereocenters. The Labute approximate surface area is 152 Å². The average molecular weight is 344 g/mol. The summed E-state index contributed by atoms with van der Waals surface area (Å²) in [6.07, 6.45) is 0.877. The van der Waals surface area contributed by atoms with Crippen molar-refractivity contribution < 1.29 is 4.79 Å². The van der Waals surface area contributed by atoms with E-state index in [4.69, 9.17) is 0 Å². The van der Waals surface area contributed by atoms with Crippen LogP contribution in [0.2, 0.25) is 0 Å². The molecule has 0 aliphatic carbocycles. The van der Waals surface area contributed by atoms with Gasteiger partial charge in [0.15, 0.2) is 11.5 Å². The summed E-state index contributed by atoms with van der Waals surface area (Å²) in [4.78, 5) is 14.6. The topological polar surface area (TPSA) is 58.1 Å². The second kappa shape index (κ2) is 6.96. The quantitative estimate of drug-likeness (QED) is 0.786. The van der Waals surface area contributed by atoms with Crippen molar-refractivity contribution in [2.45, 2.75) is 19.9 Å². The number of nitrogens with zero attached hydrogens (tertiary/aromatic N) is 3. The van der Waals surface area contributed by atoms with E-state index in [2.05, 4.69) is 27.6 Å². The Balaban J connectivity index is 1.46. The summed E-state index contributed by atoms with van der Waals surface area (Å²) in [6.45, 7) is 3.37. The van der Waals surface area contributed by atoms with Crippen molar-refractivity contribution in [1.82, 2.24) is 15.1 Å². The number of hydrogen-bond acceptors (Lipinski definition) is 4. The lowest BCUT2D eigenvalue weighted by atomic mass is 10.00. The minimum absolute atomic E-state index is 0.0749. The van der Waals surface area contributed by atoms with E-state index in [-0.39, 0.29) is 5.91 Å². The van der Waals surface area contributed by atoms with E-state index in [1.54, 1.807) is 12.1 Å². The van der Waals surface area contributed by atoms with E-state index >= 15 is 0 Å². The van der Waals surface area contributed by atoms with Gasteiger partial charge in [0.05, 0.1) is 0 Å². The molecule has 1 aliphatic heterocycles. The van der Waals surface area contributed by atoms with Gasteiger partial charge in [-0.25, -0.2) is 0 Å². The monoisotopic (exact) mass is 344 g/mol. The smallest absolute Gasteiger partial charge is 0.274 e. The molecule has 0 saturated carbocycles. The highest BCUT2D eigenvalue weighted by molar-refractivity contribution is 5.92. The third kappa shape index (κ3) is 3.42. The van der Waals surface area contributed by atoms with Gasteiger partial charge in [0, 0.05) is 18.8 Å². The van der Waals surface area contributed by atoms with Gasteiger partial charge < -0.3 is 10.2 Å². The molecule has 1 aromatic heterocycles. The normalized spacial score (nSPS) is 13.2. The van der Waals surface area contributed by atoms with Crippen molar-refractivity contribution in [1.29, 1.82) is 0 Å². The molecule has 2 heterocycles. The number of rotatable bonds is 3. The number of amides is 1. The largest absolute Gasteiger partial charge is 0.339 e. The third-order valence-corrected chi connectivity index (χ3v) is 4.59. The van der Waals surface area contributed by atoms with Crippen LogP contribution in [0.4, 0.5) is 11.5 Å². The predicted octanol–water partition coefficient (Wildman–Crippen LogP) is 3.73. The summed E-state index contributed by atoms with van der Waals surface area (Å²) in [5, 5.41) is 11.5. The first-order valence-corrected chi connectivity index (χ1v) is 8.72. The highest BCUT2D eigenvalue weighted by Crippen LogP contribution is 2.20. The van der Waals surface area contributed by atoms with Gasteiger partial charge in [0.1, 0.15) is 0 Å². The summed E-state index contributed by atoms with van der Waals surface area (Å²) in [5.41, 5.74) is 5.02. The Kier molecular flexibility index (Phi) is 4.35. The first-order valence-electron chi connectivity index (χ1n) is 8.72. The Bertz CT molecular complexity index is 937. The maximum Gasteiger partial charge on any atom is 0.274 e. The van der Waals surface area contributed by atoms with Crippen LogP contribution >= 0.6 is 0 Å². The van der Waals surface area contributed by atoms with Gasteiger partial charge in [0.2, 0.25) is 0 Å². The van der Waals surface area contributed by atoms with Crippen LogP contribution in [0.1, 0.15) is 27.2 Å². The molecule has 0 fully saturated rings. The van der Waals surface area contributed by atoms with Crippen LogP contribution in [0, 0.1) is 6.92 Å². The van der Waals surface area contributed by atoms with Gasteiger partial charge in [-0.1, -0.05) is 36.4 Å². The van der Waals surface area contributed by atoms with Crippen molar-refractivity contribution in [3.05, 3.63) is 83.0 Å². The van der Waals surface area contributed by atoms with Crippen molar-refractivity contribution in [3.8, 4) is 0 Å². The number of benzene rings is 2. The lowest BCUT2D eigenvalue weighted by Crippen LogP contribution is -2.36. The standard InChI is InChI=1S/C21H20N4O/c1-15-5-4-8-18(13-15)22-20-10-9-19(23-24-20)21(26)25-12-11-16-6-2-3-7-17(16)14-25/h2-10,13H,11-12,14H2,1H3,(H,22,24). The molecule has 3 aromatic rings. The number of hydrogen-bond donors (Lipinski definition) is 1. The molecule has 1 amide bonds. The molecule has 5 nitrogen and oxygen atoms in total. The molecule has 1 N–H and O–H groups in total. The fourth-order valence-corrected chi connectivity index (χ4v) is 3.21. The summed E-state index contributed by atoms with van der Waals surface area (Å²) in [6, 6.07) is 19.8. The van der Waals surface area contributed by atoms with E-state index in [0.717, 1.165) is 12.1 Å². The molecule has 0 saturated heterocycles. The first kappa shape index (κ1) is 16.3. The molecule has 130 valence electrons. The average Bonchev–Trinajstić information content (AvgIpc) is 2.68. The molecule has 26 heavy (non-hydrogen) atoms. The molecule has 0 bridgehead atoms. The number of carbonyl (C=O) groups excluding carboxylic acids is 1. The number of nitrogens with one attached hydrogen (secondary N) is 1. The van der Waals surface area contributed by atoms with Crippen molar-refractivity contribution in [3.63, 3.8) is 0 Å². The summed E-state index contributed by atoms with van der Waals surface area (Å²) < 4.78 is 0. The van der Waals surface area contributed by atoms with Gasteiger partial charge >= 0.3 is 0 Å². The van der Waals surface area contributed by atoms with Crippen molar-refractivity contribution in [2.24, 2.45) is 0 Å². The molecule has 5 heteroatoms. The lowest BCUT2D eigenvalue weighted by Gasteiger charge is -2.28. The molecule has 0 radical (unpaired) electrons. The first-order chi connectivity index (χ1) is 12.7. The van der Waals surface area contributed by atoms with Crippen LogP contribution in [0.5, 0.6) is 0 Å². The number of fused-ring (bicyclic) bond motifs is 1. The van der Waals surface area contributed by atoms with Gasteiger partial charge in [-0.05, 0) is 54.3 Å². The maximum atomic E-state index is 12.7. The van der Waals surface area contributed by atoms with E-state index in [1.807, 2.05) is 48.2 Å². The number of anilines is 2. The second-order valence-corrected chi connectivity index (χ2v) is 6.54. The van der Waals surface area contributed by atoms with Crippen LogP contribution in [0.15, 0.2) is 60.7 Å². The summed E-state index contributed by atoms with van der Waals surface area (Å²) in [5.74, 6) is 0.547. The van der Waals surface area contributed by atoms with Crippen LogP contribution in [-0.2, 0) is 13.0 Å². The Hall–Kier alpha value is -3.21. The Morgan fingerprint density at radius 2 is 1.85 bits per heavy atom. The van der Waals surface area contributed by atoms with E-state index in [9.17, 15) is 4.79 Å². The second-order valence-electron chi connectivity index (χ2n) is 6.54. The third-order valence-electron chi connectivity index (χ3n) is 4.59. The highest BCUT2D eigenvalue weighted by Gasteiger charge is 2.22. The maximum absolute atomic E-state index is 12.7. The fraction of sp³-hybridized carbons (Fsp3) is 0.190. The Morgan fingerprint density at radius 3 is 2.62 bits per heavy atom. The van der Waals surface area contributed by atoms with Crippen LogP contribution < -0.4 is 5.32 Å². The molecule has 2 aromatic carbocycles. The van der Waals surface area contributed by atoms with Crippen LogP contribution in [0.3, 0.4) is 0 Å². The predicted molar refractivity (Wildman–Crippen MR) is 101 cm³/mol. The van der Waals surface area contributed by atoms with E-state index in [1.165, 1.54) is 16.7 Å². The van der Waals surface area contributed by atoms with Gasteiger partial charge in [0.25, 0.3) is 5.91 Å². The zero-order valence-electron chi connectivity index (χ0n) is 14.6.